The van der Waals surface area contributed by atoms with Crippen LogP contribution >= 0.6 is 15.6 Å². The van der Waals surface area contributed by atoms with Gasteiger partial charge in [-0.1, -0.05) is 337 Å². The third kappa shape index (κ3) is 68.6. The lowest BCUT2D eigenvalue weighted by molar-refractivity contribution is -0.161. The number of carbonyl (C=O) groups is 4. The summed E-state index contributed by atoms with van der Waals surface area (Å²) in [6.07, 6.45) is 54.0. The molecule has 0 amide bonds. The lowest BCUT2D eigenvalue weighted by atomic mass is 10.0. The number of phosphoric acid groups is 2. The van der Waals surface area contributed by atoms with Crippen LogP contribution in [0.1, 0.15) is 388 Å². The molecule has 2 unspecified atom stereocenters. The number of carbonyl (C=O) groups excluding carboxylic acids is 4. The molecule has 0 bridgehead atoms. The van der Waals surface area contributed by atoms with Gasteiger partial charge >= 0.3 is 39.5 Å². The van der Waals surface area contributed by atoms with Crippen molar-refractivity contribution in [3.63, 3.8) is 0 Å². The summed E-state index contributed by atoms with van der Waals surface area (Å²) in [7, 11) is -9.91. The van der Waals surface area contributed by atoms with E-state index in [0.717, 1.165) is 102 Å². The molecule has 0 aromatic heterocycles. The Morgan fingerprint density at radius 1 is 0.287 bits per heavy atom. The molecule has 0 aliphatic heterocycles. The van der Waals surface area contributed by atoms with E-state index in [0.29, 0.717) is 25.7 Å². The van der Waals surface area contributed by atoms with E-state index in [1.807, 2.05) is 0 Å². The van der Waals surface area contributed by atoms with Crippen molar-refractivity contribution in [2.24, 2.45) is 11.8 Å². The molecule has 0 aliphatic carbocycles. The number of aliphatic hydroxyl groups is 1. The molecule has 5 atom stereocenters. The molecule has 0 aliphatic rings. The van der Waals surface area contributed by atoms with Gasteiger partial charge in [0.05, 0.1) is 26.4 Å². The maximum atomic E-state index is 13.1. The minimum Gasteiger partial charge on any atom is -0.462 e. The molecule has 0 heterocycles. The summed E-state index contributed by atoms with van der Waals surface area (Å²) in [6.45, 7) is 9.58. The van der Waals surface area contributed by atoms with E-state index >= 15 is 0 Å². The lowest BCUT2D eigenvalue weighted by Gasteiger charge is -2.21. The molecule has 0 radical (unpaired) electrons. The molecule has 558 valence electrons. The fraction of sp³-hybridized carbons (Fsp3) is 0.947. The fourth-order valence-corrected chi connectivity index (χ4v) is 13.1. The van der Waals surface area contributed by atoms with E-state index in [9.17, 15) is 43.2 Å². The van der Waals surface area contributed by atoms with Crippen LogP contribution < -0.4 is 0 Å². The highest BCUT2D eigenvalue weighted by Gasteiger charge is 2.30. The van der Waals surface area contributed by atoms with Crippen LogP contribution in [-0.2, 0) is 65.4 Å². The number of unbranched alkanes of at least 4 members (excludes halogenated alkanes) is 44. The molecule has 3 N–H and O–H groups in total. The second kappa shape index (κ2) is 66.9. The third-order valence-electron chi connectivity index (χ3n) is 17.5. The van der Waals surface area contributed by atoms with Crippen LogP contribution in [0.5, 0.6) is 0 Å². The van der Waals surface area contributed by atoms with E-state index in [1.54, 1.807) is 0 Å². The Hall–Kier alpha value is -1.94. The largest absolute Gasteiger partial charge is 0.472 e. The zero-order valence-corrected chi connectivity index (χ0v) is 63.1. The Labute approximate surface area is 575 Å². The van der Waals surface area contributed by atoms with Gasteiger partial charge in [-0.2, -0.15) is 0 Å². The van der Waals surface area contributed by atoms with Crippen molar-refractivity contribution in [2.45, 2.75) is 407 Å². The van der Waals surface area contributed by atoms with Gasteiger partial charge in [-0.05, 0) is 37.5 Å². The first kappa shape index (κ1) is 92.1. The topological polar surface area (TPSA) is 237 Å². The number of esters is 4. The van der Waals surface area contributed by atoms with E-state index < -0.39 is 97.5 Å². The van der Waals surface area contributed by atoms with Crippen LogP contribution in [0.3, 0.4) is 0 Å². The Balaban J connectivity index is 5.24. The second-order valence-electron chi connectivity index (χ2n) is 28.0. The summed E-state index contributed by atoms with van der Waals surface area (Å²) in [5.74, 6) is -0.583. The van der Waals surface area contributed by atoms with Crippen LogP contribution in [0, 0.1) is 11.8 Å². The minimum absolute atomic E-state index is 0.106. The molecule has 0 spiro atoms. The average molecular weight is 1380 g/mol. The number of phosphoric ester groups is 2. The van der Waals surface area contributed by atoms with Gasteiger partial charge in [0.1, 0.15) is 19.3 Å². The lowest BCUT2D eigenvalue weighted by Crippen LogP contribution is -2.30. The van der Waals surface area contributed by atoms with Crippen molar-refractivity contribution in [3.05, 3.63) is 0 Å². The summed E-state index contributed by atoms with van der Waals surface area (Å²) in [5.41, 5.74) is 0. The van der Waals surface area contributed by atoms with Crippen molar-refractivity contribution in [2.75, 3.05) is 39.6 Å². The number of ether oxygens (including phenoxy) is 4. The SMILES string of the molecule is CCCCCCCCCCCCCCCCCCCC(=O)O[C@H](COC(=O)CCCCCCCCCCCCCCC(C)C)COP(=O)(O)OC[C@@H](O)COP(=O)(O)OC[C@@H](COC(=O)CCCCCCCCCCC)OC(=O)CCCCCCCCCCCCC(C)C. The smallest absolute Gasteiger partial charge is 0.462 e. The van der Waals surface area contributed by atoms with E-state index in [-0.39, 0.29) is 25.7 Å². The van der Waals surface area contributed by atoms with Gasteiger partial charge in [0.2, 0.25) is 0 Å². The van der Waals surface area contributed by atoms with E-state index in [1.165, 1.54) is 205 Å². The third-order valence-corrected chi connectivity index (χ3v) is 19.4. The predicted octanol–water partition coefficient (Wildman–Crippen LogP) is 21.9. The predicted molar refractivity (Wildman–Crippen MR) is 381 cm³/mol. The zero-order valence-electron chi connectivity index (χ0n) is 61.3. The molecule has 0 aromatic carbocycles. The van der Waals surface area contributed by atoms with Crippen LogP contribution in [0.25, 0.3) is 0 Å². The maximum Gasteiger partial charge on any atom is 0.472 e. The van der Waals surface area contributed by atoms with Crippen LogP contribution in [0.15, 0.2) is 0 Å². The molecule has 0 aromatic rings. The Bertz CT molecular complexity index is 1820. The molecule has 0 rings (SSSR count). The first-order valence-corrected chi connectivity index (χ1v) is 42.0. The van der Waals surface area contributed by atoms with Gasteiger partial charge in [0.25, 0.3) is 0 Å². The van der Waals surface area contributed by atoms with Crippen molar-refractivity contribution in [3.8, 4) is 0 Å². The fourth-order valence-electron chi connectivity index (χ4n) is 11.5. The zero-order chi connectivity index (χ0) is 69.3. The van der Waals surface area contributed by atoms with E-state index in [2.05, 4.69) is 41.5 Å². The normalized spacial score (nSPS) is 14.0. The average Bonchev–Trinajstić information content (AvgIpc) is 3.07. The molecular formula is C75H146O17P2. The Morgan fingerprint density at radius 3 is 0.723 bits per heavy atom. The standard InChI is InChI=1S/C75H146O17P2/c1-7-9-11-13-15-17-18-19-20-21-22-23-28-35-41-47-53-59-74(79)91-71(64-86-73(78)58-52-46-40-34-27-25-24-26-32-37-43-49-55-67(3)4)66-90-94(83,84)88-62-69(76)61-87-93(81,82)89-65-70(63-85-72(77)57-51-45-39-31-16-14-12-10-8-2)92-75(80)60-54-48-42-36-30-29-33-38-44-50-56-68(5)6/h67-71,76H,7-66H2,1-6H3,(H,81,82)(H,83,84)/t69-,70+,71+/m0/s1. The van der Waals surface area contributed by atoms with Crippen LogP contribution in [0.2, 0.25) is 0 Å². The van der Waals surface area contributed by atoms with Gasteiger partial charge in [0.15, 0.2) is 12.2 Å². The number of rotatable bonds is 74. The number of hydrogen-bond donors (Lipinski definition) is 3. The highest BCUT2D eigenvalue weighted by atomic mass is 31.2. The van der Waals surface area contributed by atoms with Crippen molar-refractivity contribution in [1.29, 1.82) is 0 Å². The first-order valence-electron chi connectivity index (χ1n) is 39.0. The summed E-state index contributed by atoms with van der Waals surface area (Å²) >= 11 is 0. The van der Waals surface area contributed by atoms with Crippen molar-refractivity contribution in [1.82, 2.24) is 0 Å². The molecule has 0 fully saturated rings. The number of hydrogen-bond acceptors (Lipinski definition) is 15. The Kier molecular flexibility index (Phi) is 65.5. The first-order chi connectivity index (χ1) is 45.4. The van der Waals surface area contributed by atoms with Gasteiger partial charge < -0.3 is 33.8 Å². The van der Waals surface area contributed by atoms with Crippen LogP contribution in [0.4, 0.5) is 0 Å². The van der Waals surface area contributed by atoms with Crippen molar-refractivity contribution < 1.29 is 80.2 Å². The monoisotopic (exact) mass is 1380 g/mol. The van der Waals surface area contributed by atoms with Gasteiger partial charge in [-0.15, -0.1) is 0 Å². The molecule has 94 heavy (non-hydrogen) atoms. The summed E-state index contributed by atoms with van der Waals surface area (Å²) < 4.78 is 68.5. The molecule has 17 nitrogen and oxygen atoms in total. The molecular weight excluding hydrogens is 1230 g/mol. The van der Waals surface area contributed by atoms with Gasteiger partial charge in [-0.25, -0.2) is 9.13 Å². The second-order valence-corrected chi connectivity index (χ2v) is 30.9. The van der Waals surface area contributed by atoms with E-state index in [4.69, 9.17) is 37.0 Å². The number of aliphatic hydroxyl groups excluding tert-OH is 1. The summed E-state index contributed by atoms with van der Waals surface area (Å²) in [5, 5.41) is 10.6. The quantitative estimate of drug-likeness (QED) is 0.0222. The summed E-state index contributed by atoms with van der Waals surface area (Å²) in [6, 6.07) is 0. The maximum absolute atomic E-state index is 13.1. The van der Waals surface area contributed by atoms with Gasteiger partial charge in [-0.3, -0.25) is 37.3 Å². The highest BCUT2D eigenvalue weighted by Crippen LogP contribution is 2.45. The Morgan fingerprint density at radius 2 is 0.489 bits per heavy atom. The molecule has 19 heteroatoms. The highest BCUT2D eigenvalue weighted by molar-refractivity contribution is 7.47. The van der Waals surface area contributed by atoms with Crippen molar-refractivity contribution >= 4 is 39.5 Å². The summed E-state index contributed by atoms with van der Waals surface area (Å²) in [4.78, 5) is 72.7. The molecule has 0 saturated carbocycles. The molecule has 0 saturated heterocycles. The van der Waals surface area contributed by atoms with Crippen LogP contribution in [-0.4, -0.2) is 96.7 Å². The van der Waals surface area contributed by atoms with Gasteiger partial charge in [0, 0.05) is 25.7 Å². The minimum atomic E-state index is -4.96.